The van der Waals surface area contributed by atoms with Crippen molar-refractivity contribution in [3.8, 4) is 0 Å². The minimum absolute atomic E-state index is 0.0102. The Balaban J connectivity index is 4.45. The minimum atomic E-state index is -0.102. The monoisotopic (exact) mass is 173 g/mol. The molecule has 1 amide bonds. The second-order valence-corrected chi connectivity index (χ2v) is 4.19. The van der Waals surface area contributed by atoms with Crippen LogP contribution in [0.25, 0.3) is 0 Å². The van der Waals surface area contributed by atoms with Crippen molar-refractivity contribution < 1.29 is 9.90 Å². The number of hydrogen-bond acceptors (Lipinski definition) is 2. The zero-order chi connectivity index (χ0) is 9.94. The fraction of sp³-hybridized carbons (Fsp3) is 0.889. The van der Waals surface area contributed by atoms with Crippen LogP contribution in [-0.2, 0) is 4.79 Å². The van der Waals surface area contributed by atoms with Crippen LogP contribution in [0.2, 0.25) is 0 Å². The number of likely N-dealkylation sites (N-methyl/N-ethyl adjacent to an activating group) is 1. The molecule has 0 bridgehead atoms. The van der Waals surface area contributed by atoms with Gasteiger partial charge in [0.1, 0.15) is 0 Å². The van der Waals surface area contributed by atoms with E-state index in [4.69, 9.17) is 5.11 Å². The van der Waals surface area contributed by atoms with Gasteiger partial charge in [-0.15, -0.1) is 0 Å². The Hall–Kier alpha value is -0.570. The molecule has 0 aliphatic carbocycles. The first-order valence-corrected chi connectivity index (χ1v) is 4.15. The zero-order valence-corrected chi connectivity index (χ0v) is 8.59. The van der Waals surface area contributed by atoms with Crippen LogP contribution in [0, 0.1) is 5.41 Å². The van der Waals surface area contributed by atoms with Crippen LogP contribution in [0.5, 0.6) is 0 Å². The van der Waals surface area contributed by atoms with Gasteiger partial charge in [-0.2, -0.15) is 0 Å². The molecule has 1 atom stereocenters. The zero-order valence-electron chi connectivity index (χ0n) is 8.59. The molecular formula is C9H19NO2. The maximum absolute atomic E-state index is 11.0. The summed E-state index contributed by atoms with van der Waals surface area (Å²) in [5.74, 6) is -0.0102. The average Bonchev–Trinajstić information content (AvgIpc) is 1.85. The molecule has 72 valence electrons. The summed E-state index contributed by atoms with van der Waals surface area (Å²) < 4.78 is 0. The highest BCUT2D eigenvalue weighted by atomic mass is 16.3. The molecule has 0 saturated heterocycles. The Morgan fingerprint density at radius 2 is 1.92 bits per heavy atom. The van der Waals surface area contributed by atoms with Crippen molar-refractivity contribution in [3.05, 3.63) is 0 Å². The van der Waals surface area contributed by atoms with E-state index in [0.717, 1.165) is 0 Å². The van der Waals surface area contributed by atoms with Crippen LogP contribution in [-0.4, -0.2) is 35.6 Å². The molecule has 12 heavy (non-hydrogen) atoms. The van der Waals surface area contributed by atoms with Gasteiger partial charge >= 0.3 is 0 Å². The van der Waals surface area contributed by atoms with Gasteiger partial charge in [-0.25, -0.2) is 0 Å². The van der Waals surface area contributed by atoms with Crippen LogP contribution in [0.1, 0.15) is 27.7 Å². The van der Waals surface area contributed by atoms with Gasteiger partial charge in [-0.05, 0) is 5.41 Å². The predicted octanol–water partition coefficient (Wildman–Crippen LogP) is 0.872. The number of nitrogens with zero attached hydrogens (tertiary/aromatic N) is 1. The number of amides is 1. The lowest BCUT2D eigenvalue weighted by Gasteiger charge is -2.36. The van der Waals surface area contributed by atoms with E-state index in [1.54, 1.807) is 11.9 Å². The van der Waals surface area contributed by atoms with E-state index in [0.29, 0.717) is 0 Å². The van der Waals surface area contributed by atoms with Gasteiger partial charge in [-0.1, -0.05) is 20.8 Å². The summed E-state index contributed by atoms with van der Waals surface area (Å²) >= 11 is 0. The number of aliphatic hydroxyl groups excluding tert-OH is 1. The predicted molar refractivity (Wildman–Crippen MR) is 48.8 cm³/mol. The SMILES string of the molecule is CC(=O)N(C)C(CO)C(C)(C)C. The summed E-state index contributed by atoms with van der Waals surface area (Å²) in [6.07, 6.45) is 0. The third kappa shape index (κ3) is 2.81. The van der Waals surface area contributed by atoms with E-state index in [1.807, 2.05) is 20.8 Å². The first-order chi connectivity index (χ1) is 5.30. The number of aliphatic hydroxyl groups is 1. The van der Waals surface area contributed by atoms with Crippen molar-refractivity contribution in [3.63, 3.8) is 0 Å². The van der Waals surface area contributed by atoms with Crippen LogP contribution in [0.15, 0.2) is 0 Å². The summed E-state index contributed by atoms with van der Waals surface area (Å²) in [6.45, 7) is 7.54. The molecule has 0 heterocycles. The highest BCUT2D eigenvalue weighted by molar-refractivity contribution is 5.73. The maximum Gasteiger partial charge on any atom is 0.219 e. The molecule has 0 aromatic heterocycles. The normalized spacial score (nSPS) is 14.2. The van der Waals surface area contributed by atoms with E-state index < -0.39 is 0 Å². The van der Waals surface area contributed by atoms with Gasteiger partial charge in [0.2, 0.25) is 5.91 Å². The summed E-state index contributed by atoms with van der Waals surface area (Å²) in [6, 6.07) is -0.102. The molecule has 1 unspecified atom stereocenters. The number of carbonyl (C=O) groups excluding carboxylic acids is 1. The Bertz CT molecular complexity index is 160. The van der Waals surface area contributed by atoms with Crippen molar-refractivity contribution in [2.24, 2.45) is 5.41 Å². The minimum Gasteiger partial charge on any atom is -0.394 e. The third-order valence-corrected chi connectivity index (χ3v) is 2.14. The first-order valence-electron chi connectivity index (χ1n) is 4.15. The number of rotatable bonds is 2. The molecule has 0 aromatic carbocycles. The standard InChI is InChI=1S/C9H19NO2/c1-7(12)10(5)8(6-11)9(2,3)4/h8,11H,6H2,1-5H3. The molecule has 0 rings (SSSR count). The molecule has 3 heteroatoms. The van der Waals surface area contributed by atoms with Crippen molar-refractivity contribution in [1.82, 2.24) is 4.90 Å². The number of hydrogen-bond donors (Lipinski definition) is 1. The molecule has 0 fully saturated rings. The summed E-state index contributed by atoms with van der Waals surface area (Å²) in [5.41, 5.74) is -0.0742. The van der Waals surface area contributed by atoms with Gasteiger partial charge in [0.15, 0.2) is 0 Å². The Morgan fingerprint density at radius 3 is 2.00 bits per heavy atom. The lowest BCUT2D eigenvalue weighted by molar-refractivity contribution is -0.132. The lowest BCUT2D eigenvalue weighted by Crippen LogP contribution is -2.46. The smallest absolute Gasteiger partial charge is 0.219 e. The van der Waals surface area contributed by atoms with Crippen LogP contribution < -0.4 is 0 Å². The van der Waals surface area contributed by atoms with Crippen LogP contribution in [0.4, 0.5) is 0 Å². The van der Waals surface area contributed by atoms with Gasteiger partial charge < -0.3 is 10.0 Å². The fourth-order valence-corrected chi connectivity index (χ4v) is 1.20. The van der Waals surface area contributed by atoms with Gasteiger partial charge in [0, 0.05) is 14.0 Å². The van der Waals surface area contributed by atoms with Crippen molar-refractivity contribution in [1.29, 1.82) is 0 Å². The molecule has 1 N–H and O–H groups in total. The largest absolute Gasteiger partial charge is 0.394 e. The quantitative estimate of drug-likeness (QED) is 0.673. The highest BCUT2D eigenvalue weighted by Gasteiger charge is 2.28. The molecule has 3 nitrogen and oxygen atoms in total. The molecule has 0 aromatic rings. The Kier molecular flexibility index (Phi) is 3.71. The highest BCUT2D eigenvalue weighted by Crippen LogP contribution is 2.22. The molecule has 0 aliphatic rings. The van der Waals surface area contributed by atoms with E-state index >= 15 is 0 Å². The van der Waals surface area contributed by atoms with Gasteiger partial charge in [0.25, 0.3) is 0 Å². The van der Waals surface area contributed by atoms with Crippen molar-refractivity contribution >= 4 is 5.91 Å². The Morgan fingerprint density at radius 1 is 1.50 bits per heavy atom. The molecule has 0 radical (unpaired) electrons. The van der Waals surface area contributed by atoms with E-state index in [2.05, 4.69) is 0 Å². The molecule has 0 saturated carbocycles. The van der Waals surface area contributed by atoms with E-state index in [1.165, 1.54) is 6.92 Å². The topological polar surface area (TPSA) is 40.5 Å². The number of carbonyl (C=O) groups is 1. The van der Waals surface area contributed by atoms with Gasteiger partial charge in [0.05, 0.1) is 12.6 Å². The summed E-state index contributed by atoms with van der Waals surface area (Å²) in [4.78, 5) is 12.6. The second kappa shape index (κ2) is 3.90. The van der Waals surface area contributed by atoms with E-state index in [9.17, 15) is 4.79 Å². The summed E-state index contributed by atoms with van der Waals surface area (Å²) in [7, 11) is 1.72. The van der Waals surface area contributed by atoms with Gasteiger partial charge in [-0.3, -0.25) is 4.79 Å². The van der Waals surface area contributed by atoms with Crippen LogP contribution in [0.3, 0.4) is 0 Å². The maximum atomic E-state index is 11.0. The second-order valence-electron chi connectivity index (χ2n) is 4.19. The fourth-order valence-electron chi connectivity index (χ4n) is 1.20. The van der Waals surface area contributed by atoms with Crippen molar-refractivity contribution in [2.45, 2.75) is 33.7 Å². The van der Waals surface area contributed by atoms with Crippen molar-refractivity contribution in [2.75, 3.05) is 13.7 Å². The molecule has 0 aliphatic heterocycles. The van der Waals surface area contributed by atoms with E-state index in [-0.39, 0.29) is 24.0 Å². The third-order valence-electron chi connectivity index (χ3n) is 2.14. The van der Waals surface area contributed by atoms with Crippen LogP contribution >= 0.6 is 0 Å². The Labute approximate surface area is 74.4 Å². The summed E-state index contributed by atoms with van der Waals surface area (Å²) in [5, 5.41) is 9.09. The lowest BCUT2D eigenvalue weighted by atomic mass is 9.86. The average molecular weight is 173 g/mol. The molecule has 0 spiro atoms. The molecular weight excluding hydrogens is 154 g/mol. The first kappa shape index (κ1) is 11.4.